The third kappa shape index (κ3) is 11.8. The summed E-state index contributed by atoms with van der Waals surface area (Å²) in [6.45, 7) is 2.68. The maximum absolute atomic E-state index is 13.7. The molecule has 3 atom stereocenters. The largest absolute Gasteiger partial charge is 0.481 e. The molecule has 3 N–H and O–H groups in total. The van der Waals surface area contributed by atoms with Crippen LogP contribution < -0.4 is 20.7 Å². The van der Waals surface area contributed by atoms with E-state index in [1.165, 1.54) is 0 Å². The van der Waals surface area contributed by atoms with Crippen LogP contribution in [0.1, 0.15) is 57.9 Å². The molecular weight excluding hydrogens is 566 g/mol. The third-order valence-electron chi connectivity index (χ3n) is 7.30. The molecule has 0 bridgehead atoms. The van der Waals surface area contributed by atoms with Crippen LogP contribution in [0.5, 0.6) is 5.75 Å². The molecule has 2 aromatic rings. The minimum Gasteiger partial charge on any atom is -0.481 e. The van der Waals surface area contributed by atoms with Crippen molar-refractivity contribution in [2.75, 3.05) is 19.8 Å². The number of carbonyl (C=O) groups excluding carboxylic acids is 5. The van der Waals surface area contributed by atoms with E-state index in [-0.39, 0.29) is 25.7 Å². The molecule has 0 spiro atoms. The predicted octanol–water partition coefficient (Wildman–Crippen LogP) is 2.86. The Morgan fingerprint density at radius 3 is 2.14 bits per heavy atom. The molecular formula is C33H43N3O8. The van der Waals surface area contributed by atoms with Crippen LogP contribution in [0.2, 0.25) is 0 Å². The van der Waals surface area contributed by atoms with Crippen LogP contribution in [0.3, 0.4) is 0 Å². The smallest absolute Gasteiger partial charge is 0.325 e. The van der Waals surface area contributed by atoms with Gasteiger partial charge in [-0.1, -0.05) is 80.6 Å². The van der Waals surface area contributed by atoms with Crippen LogP contribution in [0, 0.1) is 5.92 Å². The molecule has 3 rings (SSSR count). The minimum absolute atomic E-state index is 0.123. The van der Waals surface area contributed by atoms with Gasteiger partial charge in [-0.05, 0) is 43.9 Å². The maximum atomic E-state index is 13.7. The average molecular weight is 610 g/mol. The van der Waals surface area contributed by atoms with Gasteiger partial charge in [0.15, 0.2) is 6.10 Å². The van der Waals surface area contributed by atoms with Gasteiger partial charge in [0.05, 0.1) is 19.8 Å². The van der Waals surface area contributed by atoms with Gasteiger partial charge in [-0.2, -0.15) is 0 Å². The van der Waals surface area contributed by atoms with Crippen molar-refractivity contribution >= 4 is 29.5 Å². The van der Waals surface area contributed by atoms with Crippen molar-refractivity contribution in [1.29, 1.82) is 0 Å². The van der Waals surface area contributed by atoms with E-state index in [2.05, 4.69) is 16.0 Å². The van der Waals surface area contributed by atoms with Crippen LogP contribution >= 0.6 is 0 Å². The normalized spacial score (nSPS) is 15.2. The molecule has 0 heterocycles. The number of rotatable bonds is 17. The van der Waals surface area contributed by atoms with Gasteiger partial charge in [0.25, 0.3) is 11.8 Å². The number of esters is 1. The molecule has 0 radical (unpaired) electrons. The molecule has 1 aliphatic rings. The summed E-state index contributed by atoms with van der Waals surface area (Å²) >= 11 is 0. The van der Waals surface area contributed by atoms with E-state index >= 15 is 0 Å². The van der Waals surface area contributed by atoms with Gasteiger partial charge < -0.3 is 30.2 Å². The number of ether oxygens (including phenoxy) is 3. The van der Waals surface area contributed by atoms with Crippen LogP contribution in [0.15, 0.2) is 60.7 Å². The van der Waals surface area contributed by atoms with Crippen molar-refractivity contribution in [3.05, 3.63) is 66.2 Å². The number of hydrogen-bond acceptors (Lipinski definition) is 8. The summed E-state index contributed by atoms with van der Waals surface area (Å²) in [7, 11) is 0. The molecule has 11 nitrogen and oxygen atoms in total. The van der Waals surface area contributed by atoms with Gasteiger partial charge in [-0.25, -0.2) is 0 Å². The molecule has 0 aromatic heterocycles. The van der Waals surface area contributed by atoms with E-state index in [9.17, 15) is 24.0 Å². The van der Waals surface area contributed by atoms with Crippen LogP contribution in [-0.4, -0.2) is 67.4 Å². The molecule has 2 unspecified atom stereocenters. The molecule has 44 heavy (non-hydrogen) atoms. The molecule has 1 saturated carbocycles. The molecule has 11 heteroatoms. The third-order valence-corrected chi connectivity index (χ3v) is 7.30. The fourth-order valence-electron chi connectivity index (χ4n) is 4.97. The predicted molar refractivity (Wildman–Crippen MR) is 162 cm³/mol. The standard InChI is InChI=1S/C33H43N3O8/c1-3-43-29(37)20-34-33(41)30(38)28(22-42-21-25-15-9-5-10-16-25)36-32(40)27(19-24-13-7-4-8-14-24)35-31(39)23(2)44-26-17-11-6-12-18-26/h5-6,9-12,15-18,23-24,27-28H,3-4,7-8,13-14,19-22H2,1-2H3,(H,34,41)(H,35,39)(H,36,40)/t23?,27-,28?/m1/s1. The second-order valence-electron chi connectivity index (χ2n) is 10.8. The zero-order valence-corrected chi connectivity index (χ0v) is 25.4. The topological polar surface area (TPSA) is 149 Å². The van der Waals surface area contributed by atoms with Crippen LogP contribution in [0.4, 0.5) is 0 Å². The Labute approximate surface area is 258 Å². The fraction of sp³-hybridized carbons (Fsp3) is 0.485. The number of benzene rings is 2. The van der Waals surface area contributed by atoms with Crippen molar-refractivity contribution in [2.24, 2.45) is 5.92 Å². The maximum Gasteiger partial charge on any atom is 0.325 e. The van der Waals surface area contributed by atoms with Crippen LogP contribution in [0.25, 0.3) is 0 Å². The summed E-state index contributed by atoms with van der Waals surface area (Å²) in [6.07, 6.45) is 4.53. The van der Waals surface area contributed by atoms with E-state index in [0.717, 1.165) is 37.7 Å². The number of para-hydroxylation sites is 1. The van der Waals surface area contributed by atoms with Crippen molar-refractivity contribution in [3.8, 4) is 5.75 Å². The first-order chi connectivity index (χ1) is 21.3. The Morgan fingerprint density at radius 2 is 1.48 bits per heavy atom. The molecule has 2 aromatic carbocycles. The first-order valence-corrected chi connectivity index (χ1v) is 15.2. The van der Waals surface area contributed by atoms with Gasteiger partial charge in [0, 0.05) is 0 Å². The SMILES string of the molecule is CCOC(=O)CNC(=O)C(=O)C(COCc1ccccc1)NC(=O)[C@@H](CC1CCCCC1)NC(=O)C(C)Oc1ccccc1. The highest BCUT2D eigenvalue weighted by atomic mass is 16.5. The van der Waals surface area contributed by atoms with Gasteiger partial charge in [-0.3, -0.25) is 24.0 Å². The lowest BCUT2D eigenvalue weighted by molar-refractivity contribution is -0.146. The van der Waals surface area contributed by atoms with Crippen LogP contribution in [-0.2, 0) is 40.1 Å². The van der Waals surface area contributed by atoms with Gasteiger partial charge in [-0.15, -0.1) is 0 Å². The number of carbonyl (C=O) groups is 5. The summed E-state index contributed by atoms with van der Waals surface area (Å²) in [5.74, 6) is -3.13. The Bertz CT molecular complexity index is 1220. The summed E-state index contributed by atoms with van der Waals surface area (Å²) in [5, 5.41) is 7.68. The van der Waals surface area contributed by atoms with Gasteiger partial charge >= 0.3 is 5.97 Å². The minimum atomic E-state index is -1.36. The van der Waals surface area contributed by atoms with E-state index < -0.39 is 54.2 Å². The second kappa shape index (κ2) is 18.4. The molecule has 1 fully saturated rings. The van der Waals surface area contributed by atoms with Gasteiger partial charge in [0.2, 0.25) is 11.7 Å². The summed E-state index contributed by atoms with van der Waals surface area (Å²) in [6, 6.07) is 15.8. The first-order valence-electron chi connectivity index (χ1n) is 15.2. The average Bonchev–Trinajstić information content (AvgIpc) is 3.04. The Kier molecular flexibility index (Phi) is 14.3. The molecule has 1 aliphatic carbocycles. The number of ketones is 1. The van der Waals surface area contributed by atoms with Crippen molar-refractivity contribution in [1.82, 2.24) is 16.0 Å². The lowest BCUT2D eigenvalue weighted by Crippen LogP contribution is -2.57. The molecule has 238 valence electrons. The first kappa shape index (κ1) is 34.2. The van der Waals surface area contributed by atoms with Crippen molar-refractivity contribution in [3.63, 3.8) is 0 Å². The lowest BCUT2D eigenvalue weighted by atomic mass is 9.84. The number of amides is 3. The fourth-order valence-corrected chi connectivity index (χ4v) is 4.97. The van der Waals surface area contributed by atoms with E-state index in [1.807, 2.05) is 36.4 Å². The highest BCUT2D eigenvalue weighted by Crippen LogP contribution is 2.27. The number of hydrogen-bond donors (Lipinski definition) is 3. The van der Waals surface area contributed by atoms with E-state index in [4.69, 9.17) is 14.2 Å². The monoisotopic (exact) mass is 609 g/mol. The molecule has 0 aliphatic heterocycles. The zero-order valence-electron chi connectivity index (χ0n) is 25.4. The highest BCUT2D eigenvalue weighted by molar-refractivity contribution is 6.38. The van der Waals surface area contributed by atoms with E-state index in [0.29, 0.717) is 12.2 Å². The zero-order chi connectivity index (χ0) is 31.7. The summed E-state index contributed by atoms with van der Waals surface area (Å²) < 4.78 is 16.3. The molecule has 3 amide bonds. The Balaban J connectivity index is 1.72. The van der Waals surface area contributed by atoms with Crippen molar-refractivity contribution in [2.45, 2.75) is 77.2 Å². The Hall–Kier alpha value is -4.25. The second-order valence-corrected chi connectivity index (χ2v) is 10.8. The lowest BCUT2D eigenvalue weighted by Gasteiger charge is -2.28. The van der Waals surface area contributed by atoms with Gasteiger partial charge in [0.1, 0.15) is 24.4 Å². The van der Waals surface area contributed by atoms with Crippen molar-refractivity contribution < 1.29 is 38.2 Å². The summed E-state index contributed by atoms with van der Waals surface area (Å²) in [5.41, 5.74) is 0.839. The van der Waals surface area contributed by atoms with E-state index in [1.54, 1.807) is 38.1 Å². The summed E-state index contributed by atoms with van der Waals surface area (Å²) in [4.78, 5) is 64.4. The quantitative estimate of drug-likeness (QED) is 0.183. The molecule has 0 saturated heterocycles. The highest BCUT2D eigenvalue weighted by Gasteiger charge is 2.33. The number of nitrogens with one attached hydrogen (secondary N) is 3. The Morgan fingerprint density at radius 1 is 0.841 bits per heavy atom. The number of Topliss-reactive ketones (excluding diaryl/α,β-unsaturated/α-hetero) is 1.